The molecule has 0 fully saturated rings. The van der Waals surface area contributed by atoms with Gasteiger partial charge in [0.2, 0.25) is 11.8 Å². The summed E-state index contributed by atoms with van der Waals surface area (Å²) in [6.07, 6.45) is 1.21. The number of esters is 1. The SMILES string of the molecule is C=CCOC(=O)C[C@H](C(=O)N[C@@H](C)C(=O)Nc1ccc2c(c1)N1C(=O)c3cc(C)c(OCCCC(C)=O)cc3N(C(=O)OCC=C)C(O)[C@@H]1C2)C(C)C. The van der Waals surface area contributed by atoms with Gasteiger partial charge in [0.25, 0.3) is 5.91 Å². The minimum Gasteiger partial charge on any atom is -0.493 e. The third kappa shape index (κ3) is 9.49. The zero-order chi connectivity index (χ0) is 39.0. The van der Waals surface area contributed by atoms with Crippen LogP contribution in [0.2, 0.25) is 0 Å². The predicted molar refractivity (Wildman–Crippen MR) is 198 cm³/mol. The molecule has 14 nitrogen and oxygen atoms in total. The maximum absolute atomic E-state index is 14.4. The molecule has 2 heterocycles. The van der Waals surface area contributed by atoms with Crippen molar-refractivity contribution < 1.29 is 48.1 Å². The van der Waals surface area contributed by atoms with Crippen molar-refractivity contribution in [1.29, 1.82) is 0 Å². The maximum atomic E-state index is 14.4. The van der Waals surface area contributed by atoms with Crippen LogP contribution in [0.25, 0.3) is 0 Å². The van der Waals surface area contributed by atoms with Gasteiger partial charge in [0.15, 0.2) is 6.23 Å². The number of ketones is 1. The Hall–Kier alpha value is -5.50. The lowest BCUT2D eigenvalue weighted by molar-refractivity contribution is -0.146. The number of fused-ring (bicyclic) bond motifs is 4. The quantitative estimate of drug-likeness (QED) is 0.125. The first-order valence-electron chi connectivity index (χ1n) is 17.5. The number of amides is 4. The highest BCUT2D eigenvalue weighted by Crippen LogP contribution is 2.43. The molecule has 14 heteroatoms. The monoisotopic (exact) mass is 732 g/mol. The van der Waals surface area contributed by atoms with Crippen molar-refractivity contribution in [3.05, 3.63) is 72.3 Å². The normalized spacial score (nSPS) is 17.0. The minimum atomic E-state index is -1.55. The summed E-state index contributed by atoms with van der Waals surface area (Å²) in [5, 5.41) is 17.3. The molecule has 4 rings (SSSR count). The number of hydrogen-bond donors (Lipinski definition) is 3. The topological polar surface area (TPSA) is 181 Å². The van der Waals surface area contributed by atoms with Crippen LogP contribution in [-0.4, -0.2) is 78.8 Å². The molecule has 0 aliphatic carbocycles. The molecular weight excluding hydrogens is 684 g/mol. The van der Waals surface area contributed by atoms with E-state index < -0.39 is 54.0 Å². The van der Waals surface area contributed by atoms with Gasteiger partial charge in [-0.2, -0.15) is 0 Å². The molecule has 4 amide bonds. The summed E-state index contributed by atoms with van der Waals surface area (Å²) in [6, 6.07) is 6.15. The number of carbonyl (C=O) groups is 6. The average molecular weight is 733 g/mol. The highest BCUT2D eigenvalue weighted by molar-refractivity contribution is 6.14. The van der Waals surface area contributed by atoms with E-state index in [1.807, 2.05) is 0 Å². The summed E-state index contributed by atoms with van der Waals surface area (Å²) in [6.45, 7) is 15.5. The van der Waals surface area contributed by atoms with Crippen molar-refractivity contribution in [3.63, 3.8) is 0 Å². The molecule has 2 aromatic rings. The van der Waals surface area contributed by atoms with Crippen molar-refractivity contribution in [2.24, 2.45) is 11.8 Å². The Morgan fingerprint density at radius 2 is 1.70 bits per heavy atom. The minimum absolute atomic E-state index is 0.0254. The molecular formula is C39H48N4O10. The summed E-state index contributed by atoms with van der Waals surface area (Å²) in [7, 11) is 0. The van der Waals surface area contributed by atoms with Crippen molar-refractivity contribution in [3.8, 4) is 5.75 Å². The Morgan fingerprint density at radius 1 is 1.00 bits per heavy atom. The van der Waals surface area contributed by atoms with Crippen LogP contribution in [0, 0.1) is 18.8 Å². The first-order valence-corrected chi connectivity index (χ1v) is 17.5. The molecule has 3 N–H and O–H groups in total. The summed E-state index contributed by atoms with van der Waals surface area (Å²) >= 11 is 0. The van der Waals surface area contributed by atoms with E-state index in [0.29, 0.717) is 41.1 Å². The van der Waals surface area contributed by atoms with Gasteiger partial charge in [-0.25, -0.2) is 9.69 Å². The van der Waals surface area contributed by atoms with E-state index in [0.717, 1.165) is 4.90 Å². The smallest absolute Gasteiger partial charge is 0.416 e. The third-order valence-electron chi connectivity index (χ3n) is 9.08. The van der Waals surface area contributed by atoms with Gasteiger partial charge in [-0.05, 0) is 68.9 Å². The number of aliphatic hydroxyl groups is 1. The van der Waals surface area contributed by atoms with Gasteiger partial charge in [-0.1, -0.05) is 45.2 Å². The van der Waals surface area contributed by atoms with Crippen LogP contribution in [0.5, 0.6) is 5.75 Å². The van der Waals surface area contributed by atoms with Crippen molar-refractivity contribution in [1.82, 2.24) is 5.32 Å². The molecule has 0 saturated heterocycles. The van der Waals surface area contributed by atoms with Crippen LogP contribution in [0.4, 0.5) is 21.9 Å². The van der Waals surface area contributed by atoms with E-state index in [2.05, 4.69) is 23.8 Å². The lowest BCUT2D eigenvalue weighted by atomic mass is 9.91. The number of hydrogen-bond acceptors (Lipinski definition) is 10. The second kappa shape index (κ2) is 17.8. The highest BCUT2D eigenvalue weighted by atomic mass is 16.6. The van der Waals surface area contributed by atoms with Gasteiger partial charge >= 0.3 is 12.1 Å². The van der Waals surface area contributed by atoms with Crippen LogP contribution in [0.3, 0.4) is 0 Å². The molecule has 0 bridgehead atoms. The highest BCUT2D eigenvalue weighted by Gasteiger charge is 2.47. The molecule has 4 atom stereocenters. The van der Waals surface area contributed by atoms with Gasteiger partial charge < -0.3 is 34.7 Å². The van der Waals surface area contributed by atoms with Crippen molar-refractivity contribution in [2.45, 2.75) is 78.6 Å². The van der Waals surface area contributed by atoms with E-state index in [9.17, 15) is 33.9 Å². The number of aliphatic hydroxyl groups excluding tert-OH is 1. The largest absolute Gasteiger partial charge is 0.493 e. The number of rotatable bonds is 16. The summed E-state index contributed by atoms with van der Waals surface area (Å²) < 4.78 is 16.3. The zero-order valence-electron chi connectivity index (χ0n) is 30.8. The van der Waals surface area contributed by atoms with Gasteiger partial charge in [-0.15, -0.1) is 0 Å². The molecule has 0 radical (unpaired) electrons. The molecule has 1 unspecified atom stereocenters. The summed E-state index contributed by atoms with van der Waals surface area (Å²) in [5.41, 5.74) is 2.22. The molecule has 53 heavy (non-hydrogen) atoms. The lowest BCUT2D eigenvalue weighted by Gasteiger charge is -2.31. The molecule has 0 spiro atoms. The predicted octanol–water partition coefficient (Wildman–Crippen LogP) is 4.61. The number of aryl methyl sites for hydroxylation is 1. The van der Waals surface area contributed by atoms with Crippen LogP contribution < -0.4 is 25.2 Å². The first-order chi connectivity index (χ1) is 25.2. The van der Waals surface area contributed by atoms with Crippen molar-refractivity contribution >= 4 is 52.6 Å². The second-order valence-corrected chi connectivity index (χ2v) is 13.5. The Balaban J connectivity index is 1.60. The van der Waals surface area contributed by atoms with E-state index in [4.69, 9.17) is 14.2 Å². The Morgan fingerprint density at radius 3 is 2.36 bits per heavy atom. The van der Waals surface area contributed by atoms with Crippen LogP contribution in [0.15, 0.2) is 55.6 Å². The zero-order valence-corrected chi connectivity index (χ0v) is 30.8. The van der Waals surface area contributed by atoms with Crippen LogP contribution in [0.1, 0.15) is 68.4 Å². The number of ether oxygens (including phenoxy) is 3. The van der Waals surface area contributed by atoms with Gasteiger partial charge in [0.05, 0.1) is 36.2 Å². The number of benzene rings is 2. The van der Waals surface area contributed by atoms with Crippen LogP contribution >= 0.6 is 0 Å². The molecule has 0 aromatic heterocycles. The van der Waals surface area contributed by atoms with Gasteiger partial charge in [0.1, 0.15) is 30.8 Å². The molecule has 2 aromatic carbocycles. The molecule has 0 saturated carbocycles. The fourth-order valence-corrected chi connectivity index (χ4v) is 6.25. The number of Topliss-reactive ketones (excluding diaryl/α,β-unsaturated/α-hetero) is 1. The number of nitrogens with one attached hydrogen (secondary N) is 2. The van der Waals surface area contributed by atoms with E-state index in [1.54, 1.807) is 45.0 Å². The molecule has 2 aliphatic heterocycles. The molecule has 2 aliphatic rings. The fourth-order valence-electron chi connectivity index (χ4n) is 6.25. The van der Waals surface area contributed by atoms with E-state index >= 15 is 0 Å². The van der Waals surface area contributed by atoms with Crippen LogP contribution in [-0.2, 0) is 35.1 Å². The number of anilines is 3. The van der Waals surface area contributed by atoms with Gasteiger partial charge in [-0.3, -0.25) is 24.1 Å². The lowest BCUT2D eigenvalue weighted by Crippen LogP contribution is -2.52. The Kier molecular flexibility index (Phi) is 13.5. The number of carbonyl (C=O) groups excluding carboxylic acids is 6. The standard InChI is InChI=1S/C39H48N4O10/c1-8-14-52-34(45)20-28(22(3)4)36(47)40-25(7)35(46)41-27-13-12-26-18-32-38(49)43(39(50)53-15-9-2)31-21-33(51-16-10-11-24(6)44)23(5)17-29(31)37(48)42(32)30(26)19-27/h8-9,12-13,17,19,21-22,25,28,32,38,49H,1-2,10-11,14-16,18,20H2,3-7H3,(H,40,47)(H,41,46)/t25-,28-,32-,38?/m0/s1. The summed E-state index contributed by atoms with van der Waals surface area (Å²) in [5.74, 6) is -2.61. The second-order valence-electron chi connectivity index (χ2n) is 13.5. The fraction of sp³-hybridized carbons (Fsp3) is 0.436. The van der Waals surface area contributed by atoms with E-state index in [1.165, 1.54) is 37.0 Å². The average Bonchev–Trinajstić information content (AvgIpc) is 3.46. The van der Waals surface area contributed by atoms with E-state index in [-0.39, 0.29) is 55.6 Å². The Bertz CT molecular complexity index is 1770. The van der Waals surface area contributed by atoms with Crippen molar-refractivity contribution in [2.75, 3.05) is 34.9 Å². The third-order valence-corrected chi connectivity index (χ3v) is 9.08. The number of nitrogens with zero attached hydrogens (tertiary/aromatic N) is 2. The maximum Gasteiger partial charge on any atom is 0.416 e. The summed E-state index contributed by atoms with van der Waals surface area (Å²) in [4.78, 5) is 80.3. The van der Waals surface area contributed by atoms with Gasteiger partial charge in [0, 0.05) is 23.9 Å². The Labute approximate surface area is 309 Å². The first kappa shape index (κ1) is 40.3. The molecule has 284 valence electrons.